The standard InChI is InChI=1S/C25H28N4O5S/c1-17-12-18-13-19(4-5-21(18)28-17)34-25-20-14-23(32-2)24(15-22(20)26-16-27-25)33-9-3-6-29-7-10-35(30,31)11-8-29/h4-5,12-16,28H,3,6-11H2,1-2H3. The largest absolute Gasteiger partial charge is 0.493 e. The molecular weight excluding hydrogens is 468 g/mol. The molecule has 0 radical (unpaired) electrons. The van der Waals surface area contributed by atoms with Crippen molar-refractivity contribution in [2.45, 2.75) is 13.3 Å². The Morgan fingerprint density at radius 1 is 1.06 bits per heavy atom. The van der Waals surface area contributed by atoms with E-state index in [0.29, 0.717) is 48.3 Å². The lowest BCUT2D eigenvalue weighted by Gasteiger charge is -2.26. The molecule has 3 heterocycles. The fourth-order valence-corrected chi connectivity index (χ4v) is 5.55. The lowest BCUT2D eigenvalue weighted by atomic mass is 10.2. The molecular formula is C25H28N4O5S. The molecule has 0 unspecified atom stereocenters. The number of ether oxygens (including phenoxy) is 3. The SMILES string of the molecule is COc1cc2c(Oc3ccc4[nH]c(C)cc4c3)ncnc2cc1OCCCN1CCS(=O)(=O)CC1. The Labute approximate surface area is 204 Å². The number of aromatic amines is 1. The molecule has 10 heteroatoms. The minimum absolute atomic E-state index is 0.231. The fraction of sp³-hybridized carbons (Fsp3) is 0.360. The van der Waals surface area contributed by atoms with Gasteiger partial charge in [0.2, 0.25) is 5.88 Å². The highest BCUT2D eigenvalue weighted by atomic mass is 32.2. The Balaban J connectivity index is 1.28. The molecule has 0 saturated carbocycles. The third-order valence-electron chi connectivity index (χ3n) is 6.14. The third kappa shape index (κ3) is 5.33. The normalized spacial score (nSPS) is 15.9. The summed E-state index contributed by atoms with van der Waals surface area (Å²) in [5, 5.41) is 1.79. The summed E-state index contributed by atoms with van der Waals surface area (Å²) in [4.78, 5) is 14.2. The molecule has 0 spiro atoms. The van der Waals surface area contributed by atoms with E-state index in [0.717, 1.165) is 34.9 Å². The van der Waals surface area contributed by atoms with E-state index in [1.807, 2.05) is 37.3 Å². The van der Waals surface area contributed by atoms with Gasteiger partial charge in [-0.1, -0.05) is 0 Å². The first-order valence-corrected chi connectivity index (χ1v) is 13.4. The number of hydrogen-bond acceptors (Lipinski definition) is 8. The number of aromatic nitrogens is 3. The molecule has 2 aromatic heterocycles. The van der Waals surface area contributed by atoms with Crippen molar-refractivity contribution in [3.05, 3.63) is 48.4 Å². The molecule has 0 aliphatic carbocycles. The van der Waals surface area contributed by atoms with Gasteiger partial charge in [0.15, 0.2) is 21.3 Å². The van der Waals surface area contributed by atoms with Gasteiger partial charge in [0.05, 0.1) is 36.1 Å². The number of aryl methyl sites for hydroxylation is 1. The predicted octanol–water partition coefficient (Wildman–Crippen LogP) is 3.72. The Kier molecular flexibility index (Phi) is 6.48. The van der Waals surface area contributed by atoms with Crippen molar-refractivity contribution in [1.29, 1.82) is 0 Å². The third-order valence-corrected chi connectivity index (χ3v) is 7.75. The Bertz CT molecular complexity index is 1450. The highest BCUT2D eigenvalue weighted by Crippen LogP contribution is 2.36. The van der Waals surface area contributed by atoms with Crippen molar-refractivity contribution in [1.82, 2.24) is 19.9 Å². The van der Waals surface area contributed by atoms with Crippen LogP contribution in [0.4, 0.5) is 0 Å². The highest BCUT2D eigenvalue weighted by Gasteiger charge is 2.21. The molecule has 1 saturated heterocycles. The Morgan fingerprint density at radius 3 is 2.69 bits per heavy atom. The molecule has 0 atom stereocenters. The maximum atomic E-state index is 11.6. The zero-order chi connectivity index (χ0) is 24.4. The number of sulfone groups is 1. The number of nitrogens with zero attached hydrogens (tertiary/aromatic N) is 3. The summed E-state index contributed by atoms with van der Waals surface area (Å²) in [5.41, 5.74) is 2.83. The zero-order valence-electron chi connectivity index (χ0n) is 19.8. The summed E-state index contributed by atoms with van der Waals surface area (Å²) in [6.45, 7) is 4.45. The van der Waals surface area contributed by atoms with Gasteiger partial charge < -0.3 is 24.1 Å². The first-order chi connectivity index (χ1) is 16.9. The second kappa shape index (κ2) is 9.71. The van der Waals surface area contributed by atoms with E-state index < -0.39 is 9.84 Å². The van der Waals surface area contributed by atoms with Crippen LogP contribution in [0.2, 0.25) is 0 Å². The first-order valence-electron chi connectivity index (χ1n) is 11.6. The van der Waals surface area contributed by atoms with Crippen LogP contribution in [-0.2, 0) is 9.84 Å². The maximum absolute atomic E-state index is 11.6. The monoisotopic (exact) mass is 496 g/mol. The molecule has 9 nitrogen and oxygen atoms in total. The number of hydrogen-bond donors (Lipinski definition) is 1. The molecule has 1 fully saturated rings. The van der Waals surface area contributed by atoms with Crippen molar-refractivity contribution >= 4 is 31.6 Å². The van der Waals surface area contributed by atoms with Gasteiger partial charge in [-0.2, -0.15) is 0 Å². The zero-order valence-corrected chi connectivity index (χ0v) is 20.6. The summed E-state index contributed by atoms with van der Waals surface area (Å²) in [5.74, 6) is 2.74. The van der Waals surface area contributed by atoms with E-state index in [1.165, 1.54) is 6.33 Å². The summed E-state index contributed by atoms with van der Waals surface area (Å²) in [7, 11) is -1.27. The van der Waals surface area contributed by atoms with E-state index in [2.05, 4.69) is 25.9 Å². The first kappa shape index (κ1) is 23.4. The van der Waals surface area contributed by atoms with E-state index in [1.54, 1.807) is 7.11 Å². The van der Waals surface area contributed by atoms with E-state index >= 15 is 0 Å². The van der Waals surface area contributed by atoms with Crippen molar-refractivity contribution in [3.8, 4) is 23.1 Å². The molecule has 4 aromatic rings. The van der Waals surface area contributed by atoms with Crippen LogP contribution in [0, 0.1) is 6.92 Å². The second-order valence-corrected chi connectivity index (χ2v) is 11.0. The molecule has 0 amide bonds. The van der Waals surface area contributed by atoms with Gasteiger partial charge in [-0.25, -0.2) is 18.4 Å². The molecule has 2 aromatic carbocycles. The molecule has 1 N–H and O–H groups in total. The minimum atomic E-state index is -2.86. The van der Waals surface area contributed by atoms with Crippen LogP contribution >= 0.6 is 0 Å². The number of nitrogens with one attached hydrogen (secondary N) is 1. The average molecular weight is 497 g/mol. The fourth-order valence-electron chi connectivity index (χ4n) is 4.27. The molecule has 1 aliphatic heterocycles. The topological polar surface area (TPSA) is 107 Å². The van der Waals surface area contributed by atoms with E-state index in [-0.39, 0.29) is 11.5 Å². The molecule has 0 bridgehead atoms. The summed E-state index contributed by atoms with van der Waals surface area (Å²) < 4.78 is 40.9. The van der Waals surface area contributed by atoms with Gasteiger partial charge in [0, 0.05) is 42.3 Å². The van der Waals surface area contributed by atoms with E-state index in [9.17, 15) is 8.42 Å². The van der Waals surface area contributed by atoms with Crippen molar-refractivity contribution < 1.29 is 22.6 Å². The minimum Gasteiger partial charge on any atom is -0.493 e. The number of benzene rings is 2. The van der Waals surface area contributed by atoms with Gasteiger partial charge in [-0.3, -0.25) is 0 Å². The summed E-state index contributed by atoms with van der Waals surface area (Å²) in [6, 6.07) is 11.6. The Hall–Kier alpha value is -3.37. The predicted molar refractivity (Wildman–Crippen MR) is 134 cm³/mol. The second-order valence-electron chi connectivity index (χ2n) is 8.70. The number of H-pyrrole nitrogens is 1. The maximum Gasteiger partial charge on any atom is 0.230 e. The molecule has 5 rings (SSSR count). The summed E-state index contributed by atoms with van der Waals surface area (Å²) in [6.07, 6.45) is 2.25. The number of rotatable bonds is 8. The van der Waals surface area contributed by atoms with Gasteiger partial charge >= 0.3 is 0 Å². The molecule has 1 aliphatic rings. The molecule has 184 valence electrons. The van der Waals surface area contributed by atoms with Crippen LogP contribution in [0.3, 0.4) is 0 Å². The van der Waals surface area contributed by atoms with Crippen molar-refractivity contribution in [3.63, 3.8) is 0 Å². The van der Waals surface area contributed by atoms with E-state index in [4.69, 9.17) is 14.2 Å². The van der Waals surface area contributed by atoms with Gasteiger partial charge in [0.25, 0.3) is 0 Å². The van der Waals surface area contributed by atoms with Crippen LogP contribution in [0.5, 0.6) is 23.1 Å². The van der Waals surface area contributed by atoms with Crippen LogP contribution in [-0.4, -0.2) is 73.1 Å². The lowest BCUT2D eigenvalue weighted by Crippen LogP contribution is -2.40. The molecule has 35 heavy (non-hydrogen) atoms. The van der Waals surface area contributed by atoms with Crippen LogP contribution in [0.25, 0.3) is 21.8 Å². The average Bonchev–Trinajstić information content (AvgIpc) is 3.21. The van der Waals surface area contributed by atoms with Crippen LogP contribution in [0.1, 0.15) is 12.1 Å². The van der Waals surface area contributed by atoms with Crippen LogP contribution in [0.15, 0.2) is 42.7 Å². The summed E-state index contributed by atoms with van der Waals surface area (Å²) >= 11 is 0. The number of fused-ring (bicyclic) bond motifs is 2. The quantitative estimate of drug-likeness (QED) is 0.368. The Morgan fingerprint density at radius 2 is 1.89 bits per heavy atom. The number of methoxy groups -OCH3 is 1. The lowest BCUT2D eigenvalue weighted by molar-refractivity contribution is 0.240. The van der Waals surface area contributed by atoms with Gasteiger partial charge in [-0.05, 0) is 43.7 Å². The van der Waals surface area contributed by atoms with Crippen LogP contribution < -0.4 is 14.2 Å². The van der Waals surface area contributed by atoms with Gasteiger partial charge in [-0.15, -0.1) is 0 Å². The highest BCUT2D eigenvalue weighted by molar-refractivity contribution is 7.91. The van der Waals surface area contributed by atoms with Gasteiger partial charge in [0.1, 0.15) is 12.1 Å². The van der Waals surface area contributed by atoms with Crippen molar-refractivity contribution in [2.75, 3.05) is 44.9 Å². The smallest absolute Gasteiger partial charge is 0.230 e. The van der Waals surface area contributed by atoms with Crippen molar-refractivity contribution in [2.24, 2.45) is 0 Å².